The highest BCUT2D eigenvalue weighted by atomic mass is 16.5. The Labute approximate surface area is 96.4 Å². The van der Waals surface area contributed by atoms with Crippen LogP contribution in [-0.2, 0) is 17.8 Å². The van der Waals surface area contributed by atoms with E-state index >= 15 is 0 Å². The molecule has 1 aromatic heterocycles. The highest BCUT2D eigenvalue weighted by Crippen LogP contribution is 2.24. The molecule has 1 aliphatic rings. The maximum absolute atomic E-state index is 5.70. The number of ether oxygens (including phenoxy) is 1. The third-order valence-corrected chi connectivity index (χ3v) is 2.79. The van der Waals surface area contributed by atoms with E-state index in [0.29, 0.717) is 12.5 Å². The molecule has 0 saturated carbocycles. The van der Waals surface area contributed by atoms with Crippen LogP contribution in [0, 0.1) is 5.92 Å². The van der Waals surface area contributed by atoms with E-state index in [9.17, 15) is 0 Å². The predicted octanol–water partition coefficient (Wildman–Crippen LogP) is 1.81. The zero-order chi connectivity index (χ0) is 11.5. The summed E-state index contributed by atoms with van der Waals surface area (Å²) in [4.78, 5) is 9.01. The van der Waals surface area contributed by atoms with Crippen molar-refractivity contribution in [3.63, 3.8) is 0 Å². The number of hydrogen-bond acceptors (Lipinski definition) is 4. The minimum absolute atomic E-state index is 0.0101. The maximum atomic E-state index is 5.70. The van der Waals surface area contributed by atoms with Gasteiger partial charge in [0.25, 0.3) is 0 Å². The molecule has 1 aliphatic heterocycles. The molecule has 1 N–H and O–H groups in total. The summed E-state index contributed by atoms with van der Waals surface area (Å²) in [5.41, 5.74) is 2.33. The Kier molecular flexibility index (Phi) is 3.51. The van der Waals surface area contributed by atoms with Gasteiger partial charge in [-0.2, -0.15) is 0 Å². The van der Waals surface area contributed by atoms with Gasteiger partial charge in [0, 0.05) is 31.5 Å². The van der Waals surface area contributed by atoms with E-state index in [1.165, 1.54) is 5.56 Å². The molecule has 4 nitrogen and oxygen atoms in total. The molecule has 1 aromatic rings. The first-order valence-corrected chi connectivity index (χ1v) is 5.89. The van der Waals surface area contributed by atoms with E-state index in [0.717, 1.165) is 24.6 Å². The van der Waals surface area contributed by atoms with Gasteiger partial charge in [-0.15, -0.1) is 0 Å². The smallest absolute Gasteiger partial charge is 0.157 e. The lowest BCUT2D eigenvalue weighted by Crippen LogP contribution is -2.15. The zero-order valence-corrected chi connectivity index (χ0v) is 10.2. The van der Waals surface area contributed by atoms with Gasteiger partial charge in [-0.25, -0.2) is 9.97 Å². The third-order valence-electron chi connectivity index (χ3n) is 2.79. The van der Waals surface area contributed by atoms with Crippen molar-refractivity contribution in [1.29, 1.82) is 0 Å². The molecule has 0 spiro atoms. The highest BCUT2D eigenvalue weighted by molar-refractivity contribution is 5.21. The predicted molar refractivity (Wildman–Crippen MR) is 61.8 cm³/mol. The first kappa shape index (κ1) is 11.5. The third kappa shape index (κ3) is 2.23. The molecule has 0 radical (unpaired) electrons. The molecule has 2 rings (SSSR count). The van der Waals surface area contributed by atoms with Crippen molar-refractivity contribution in [3.05, 3.63) is 23.3 Å². The van der Waals surface area contributed by atoms with Gasteiger partial charge in [-0.3, -0.25) is 0 Å². The summed E-state index contributed by atoms with van der Waals surface area (Å²) in [6.07, 6.45) is 1.93. The molecule has 16 heavy (non-hydrogen) atoms. The van der Waals surface area contributed by atoms with Crippen LogP contribution in [0.25, 0.3) is 0 Å². The fourth-order valence-electron chi connectivity index (χ4n) is 1.96. The average molecular weight is 221 g/mol. The van der Waals surface area contributed by atoms with Crippen LogP contribution in [0.15, 0.2) is 6.20 Å². The minimum Gasteiger partial charge on any atom is -0.370 e. The summed E-state index contributed by atoms with van der Waals surface area (Å²) in [7, 11) is 0. The van der Waals surface area contributed by atoms with E-state index in [1.807, 2.05) is 13.1 Å². The second kappa shape index (κ2) is 4.89. The zero-order valence-electron chi connectivity index (χ0n) is 10.2. The second-order valence-corrected chi connectivity index (χ2v) is 4.42. The summed E-state index contributed by atoms with van der Waals surface area (Å²) < 4.78 is 5.70. The minimum atomic E-state index is 0.0101. The van der Waals surface area contributed by atoms with Crippen LogP contribution in [-0.4, -0.2) is 16.6 Å². The second-order valence-electron chi connectivity index (χ2n) is 4.42. The molecule has 88 valence electrons. The van der Waals surface area contributed by atoms with Crippen molar-refractivity contribution in [2.75, 3.05) is 6.61 Å². The van der Waals surface area contributed by atoms with Crippen LogP contribution in [0.5, 0.6) is 0 Å². The standard InChI is InChI=1S/C12H19N3O/c1-4-16-11(8(2)3)12-14-6-9-5-13-7-10(9)15-12/h6,8,11,13H,4-5,7H2,1-3H3. The summed E-state index contributed by atoms with van der Waals surface area (Å²) in [5.74, 6) is 1.21. The fraction of sp³-hybridized carbons (Fsp3) is 0.667. The number of hydrogen-bond donors (Lipinski definition) is 1. The van der Waals surface area contributed by atoms with Crippen molar-refractivity contribution >= 4 is 0 Å². The topological polar surface area (TPSA) is 47.0 Å². The molecule has 2 heterocycles. The van der Waals surface area contributed by atoms with Gasteiger partial charge in [0.05, 0.1) is 5.69 Å². The first-order valence-electron chi connectivity index (χ1n) is 5.89. The molecule has 1 unspecified atom stereocenters. The molecular weight excluding hydrogens is 202 g/mol. The molecule has 0 saturated heterocycles. The van der Waals surface area contributed by atoms with Crippen molar-refractivity contribution in [2.45, 2.75) is 40.0 Å². The van der Waals surface area contributed by atoms with Crippen molar-refractivity contribution in [1.82, 2.24) is 15.3 Å². The van der Waals surface area contributed by atoms with Crippen LogP contribution in [0.3, 0.4) is 0 Å². The van der Waals surface area contributed by atoms with Crippen LogP contribution < -0.4 is 5.32 Å². The number of nitrogens with one attached hydrogen (secondary N) is 1. The SMILES string of the molecule is CCOC(c1ncc2c(n1)CNC2)C(C)C. The monoisotopic (exact) mass is 221 g/mol. The lowest BCUT2D eigenvalue weighted by Gasteiger charge is -2.19. The largest absolute Gasteiger partial charge is 0.370 e. The highest BCUT2D eigenvalue weighted by Gasteiger charge is 2.21. The summed E-state index contributed by atoms with van der Waals surface area (Å²) in [6.45, 7) is 8.70. The first-order chi connectivity index (χ1) is 7.72. The van der Waals surface area contributed by atoms with Crippen LogP contribution >= 0.6 is 0 Å². The van der Waals surface area contributed by atoms with E-state index < -0.39 is 0 Å². The van der Waals surface area contributed by atoms with Gasteiger partial charge in [0.15, 0.2) is 5.82 Å². The van der Waals surface area contributed by atoms with E-state index in [-0.39, 0.29) is 6.10 Å². The van der Waals surface area contributed by atoms with Gasteiger partial charge in [-0.05, 0) is 12.8 Å². The van der Waals surface area contributed by atoms with Gasteiger partial charge in [-0.1, -0.05) is 13.8 Å². The average Bonchev–Trinajstić information content (AvgIpc) is 2.72. The van der Waals surface area contributed by atoms with Crippen LogP contribution in [0.1, 0.15) is 44.0 Å². The van der Waals surface area contributed by atoms with E-state index in [1.54, 1.807) is 0 Å². The molecule has 0 amide bonds. The molecule has 1 atom stereocenters. The lowest BCUT2D eigenvalue weighted by atomic mass is 10.1. The molecule has 0 bridgehead atoms. The normalized spacial score (nSPS) is 16.5. The summed E-state index contributed by atoms with van der Waals surface area (Å²) >= 11 is 0. The van der Waals surface area contributed by atoms with Gasteiger partial charge < -0.3 is 10.1 Å². The molecule has 0 fully saturated rings. The molecule has 0 aliphatic carbocycles. The van der Waals surface area contributed by atoms with E-state index in [4.69, 9.17) is 4.74 Å². The van der Waals surface area contributed by atoms with E-state index in [2.05, 4.69) is 29.1 Å². The summed E-state index contributed by atoms with van der Waals surface area (Å²) in [6, 6.07) is 0. The van der Waals surface area contributed by atoms with Gasteiger partial charge in [0.2, 0.25) is 0 Å². The number of nitrogens with zero attached hydrogens (tertiary/aromatic N) is 2. The molecule has 4 heteroatoms. The number of aromatic nitrogens is 2. The molecular formula is C12H19N3O. The summed E-state index contributed by atoms with van der Waals surface area (Å²) in [5, 5.41) is 3.27. The van der Waals surface area contributed by atoms with Crippen LogP contribution in [0.2, 0.25) is 0 Å². The number of fused-ring (bicyclic) bond motifs is 1. The van der Waals surface area contributed by atoms with Gasteiger partial charge in [0.1, 0.15) is 6.10 Å². The fourth-order valence-corrected chi connectivity index (χ4v) is 1.96. The van der Waals surface area contributed by atoms with Crippen molar-refractivity contribution in [3.8, 4) is 0 Å². The molecule has 0 aromatic carbocycles. The van der Waals surface area contributed by atoms with Crippen LogP contribution in [0.4, 0.5) is 0 Å². The maximum Gasteiger partial charge on any atom is 0.157 e. The quantitative estimate of drug-likeness (QED) is 0.842. The Morgan fingerprint density at radius 1 is 1.44 bits per heavy atom. The van der Waals surface area contributed by atoms with Gasteiger partial charge >= 0.3 is 0 Å². The Morgan fingerprint density at radius 3 is 2.94 bits per heavy atom. The van der Waals surface area contributed by atoms with Crippen molar-refractivity contribution in [2.24, 2.45) is 5.92 Å². The Morgan fingerprint density at radius 2 is 2.25 bits per heavy atom. The Hall–Kier alpha value is -1.00. The number of rotatable bonds is 4. The van der Waals surface area contributed by atoms with Crippen molar-refractivity contribution < 1.29 is 4.74 Å². The lowest BCUT2D eigenvalue weighted by molar-refractivity contribution is 0.0230. The Balaban J connectivity index is 2.24. The Bertz CT molecular complexity index is 365.